The number of rotatable bonds is 5. The van der Waals surface area contributed by atoms with Crippen LogP contribution in [0, 0.1) is 0 Å². The van der Waals surface area contributed by atoms with Gasteiger partial charge in [0.25, 0.3) is 5.91 Å². The number of nitrogens with zero attached hydrogens (tertiary/aromatic N) is 3. The summed E-state index contributed by atoms with van der Waals surface area (Å²) in [6, 6.07) is 14.3. The van der Waals surface area contributed by atoms with Crippen molar-refractivity contribution in [3.05, 3.63) is 65.7 Å². The van der Waals surface area contributed by atoms with Crippen LogP contribution in [0.4, 0.5) is 5.69 Å². The zero-order chi connectivity index (χ0) is 19.4. The molecule has 1 aromatic heterocycles. The Kier molecular flexibility index (Phi) is 5.35. The van der Waals surface area contributed by atoms with E-state index in [1.54, 1.807) is 28.8 Å². The van der Waals surface area contributed by atoms with Gasteiger partial charge >= 0.3 is 0 Å². The summed E-state index contributed by atoms with van der Waals surface area (Å²) in [4.78, 5) is 12.4. The Bertz CT molecular complexity index is 1040. The Morgan fingerprint density at radius 1 is 1.15 bits per heavy atom. The number of carbonyl (C=O) groups excluding carboxylic acids is 1. The average Bonchev–Trinajstić information content (AvgIpc) is 2.95. The van der Waals surface area contributed by atoms with E-state index in [0.29, 0.717) is 17.9 Å². The van der Waals surface area contributed by atoms with Crippen molar-refractivity contribution in [2.45, 2.75) is 20.4 Å². The van der Waals surface area contributed by atoms with E-state index in [0.717, 1.165) is 16.5 Å². The number of aromatic nitrogens is 1. The first-order valence-corrected chi connectivity index (χ1v) is 8.55. The highest BCUT2D eigenvalue weighted by molar-refractivity contribution is 5.98. The molecule has 1 N–H and O–H groups in total. The Morgan fingerprint density at radius 2 is 1.85 bits per heavy atom. The van der Waals surface area contributed by atoms with Gasteiger partial charge in [-0.05, 0) is 32.0 Å². The van der Waals surface area contributed by atoms with Crippen LogP contribution >= 0.6 is 0 Å². The molecule has 6 heteroatoms. The molecule has 0 aliphatic heterocycles. The zero-order valence-corrected chi connectivity index (χ0v) is 15.5. The molecule has 0 radical (unpaired) electrons. The van der Waals surface area contributed by atoms with Gasteiger partial charge in [0, 0.05) is 11.9 Å². The number of aromatic hydroxyl groups is 1. The van der Waals surface area contributed by atoms with Gasteiger partial charge in [-0.15, -0.1) is 10.2 Å². The van der Waals surface area contributed by atoms with Crippen LogP contribution in [0.5, 0.6) is 11.6 Å². The van der Waals surface area contributed by atoms with Crippen LogP contribution in [-0.4, -0.2) is 22.7 Å². The van der Waals surface area contributed by atoms with Crippen LogP contribution in [-0.2, 0) is 6.54 Å². The molecule has 0 spiro atoms. The van der Waals surface area contributed by atoms with Crippen LogP contribution in [0.3, 0.4) is 0 Å². The minimum atomic E-state index is -0.534. The Morgan fingerprint density at radius 3 is 2.59 bits per heavy atom. The average molecular weight is 363 g/mol. The van der Waals surface area contributed by atoms with Gasteiger partial charge in [0.1, 0.15) is 5.75 Å². The van der Waals surface area contributed by atoms with E-state index < -0.39 is 5.91 Å². The summed E-state index contributed by atoms with van der Waals surface area (Å²) in [5, 5.41) is 19.3. The fraction of sp³-hybridized carbons (Fsp3) is 0.190. The smallest absolute Gasteiger partial charge is 0.299 e. The maximum Gasteiger partial charge on any atom is 0.299 e. The van der Waals surface area contributed by atoms with Crippen LogP contribution in [0.1, 0.15) is 24.2 Å². The molecular formula is C21H21N3O3. The summed E-state index contributed by atoms with van der Waals surface area (Å²) in [6.07, 6.45) is 2.01. The topological polar surface area (TPSA) is 76.2 Å². The third-order valence-corrected chi connectivity index (χ3v) is 4.18. The normalized spacial score (nSPS) is 11.1. The van der Waals surface area contributed by atoms with Gasteiger partial charge in [-0.25, -0.2) is 0 Å². The summed E-state index contributed by atoms with van der Waals surface area (Å²) in [5.74, 6) is -0.130. The van der Waals surface area contributed by atoms with Crippen LogP contribution < -0.4 is 4.74 Å². The SMILES string of the molecule is COc1ccccc1C(=O)N=Nc1c(O)n(CC=C(C)C)c2ccccc12. The molecule has 6 nitrogen and oxygen atoms in total. The van der Waals surface area contributed by atoms with Crippen molar-refractivity contribution in [1.82, 2.24) is 4.57 Å². The lowest BCUT2D eigenvalue weighted by molar-refractivity contribution is 0.0992. The highest BCUT2D eigenvalue weighted by Crippen LogP contribution is 2.39. The van der Waals surface area contributed by atoms with E-state index in [1.807, 2.05) is 44.2 Å². The Hall–Kier alpha value is -3.41. The lowest BCUT2D eigenvalue weighted by Crippen LogP contribution is -1.97. The van der Waals surface area contributed by atoms with Gasteiger partial charge < -0.3 is 14.4 Å². The minimum absolute atomic E-state index is 0.0229. The van der Waals surface area contributed by atoms with E-state index >= 15 is 0 Å². The number of carbonyl (C=O) groups is 1. The maximum absolute atomic E-state index is 12.4. The van der Waals surface area contributed by atoms with Crippen molar-refractivity contribution >= 4 is 22.5 Å². The Labute approximate surface area is 157 Å². The monoisotopic (exact) mass is 363 g/mol. The summed E-state index contributed by atoms with van der Waals surface area (Å²) in [6.45, 7) is 4.50. The van der Waals surface area contributed by atoms with Crippen LogP contribution in [0.2, 0.25) is 0 Å². The van der Waals surface area contributed by atoms with Gasteiger partial charge in [0.2, 0.25) is 5.88 Å². The van der Waals surface area contributed by atoms with E-state index in [-0.39, 0.29) is 11.6 Å². The van der Waals surface area contributed by atoms with Gasteiger partial charge in [-0.1, -0.05) is 42.0 Å². The predicted octanol–water partition coefficient (Wildman–Crippen LogP) is 5.25. The fourth-order valence-corrected chi connectivity index (χ4v) is 2.80. The third kappa shape index (κ3) is 3.74. The minimum Gasteiger partial charge on any atom is -0.496 e. The number of hydrogen-bond acceptors (Lipinski definition) is 4. The molecule has 0 aliphatic rings. The molecule has 0 atom stereocenters. The van der Waals surface area contributed by atoms with E-state index in [4.69, 9.17) is 4.74 Å². The predicted molar refractivity (Wildman–Crippen MR) is 105 cm³/mol. The third-order valence-electron chi connectivity index (χ3n) is 4.18. The van der Waals surface area contributed by atoms with E-state index in [1.165, 1.54) is 7.11 Å². The summed E-state index contributed by atoms with van der Waals surface area (Å²) < 4.78 is 6.93. The molecule has 0 saturated heterocycles. The highest BCUT2D eigenvalue weighted by Gasteiger charge is 2.17. The molecule has 0 saturated carbocycles. The molecule has 0 aliphatic carbocycles. The van der Waals surface area contributed by atoms with E-state index in [9.17, 15) is 9.90 Å². The Balaban J connectivity index is 2.02. The van der Waals surface area contributed by atoms with Crippen LogP contribution in [0.25, 0.3) is 10.9 Å². The second kappa shape index (κ2) is 7.86. The number of azo groups is 1. The maximum atomic E-state index is 12.4. The van der Waals surface area contributed by atoms with Crippen molar-refractivity contribution in [1.29, 1.82) is 0 Å². The highest BCUT2D eigenvalue weighted by atomic mass is 16.5. The number of allylic oxidation sites excluding steroid dienone is 2. The quantitative estimate of drug-likeness (QED) is 0.497. The lowest BCUT2D eigenvalue weighted by Gasteiger charge is -2.04. The number of fused-ring (bicyclic) bond motifs is 1. The number of methoxy groups -OCH3 is 1. The lowest BCUT2D eigenvalue weighted by atomic mass is 10.2. The molecule has 1 amide bonds. The standard InChI is InChI=1S/C21H21N3O3/c1-14(2)12-13-24-17-10-6-4-8-15(17)19(21(24)26)22-23-20(25)16-9-5-7-11-18(16)27-3/h4-12,26H,13H2,1-3H3. The van der Waals surface area contributed by atoms with Crippen molar-refractivity contribution in [2.24, 2.45) is 10.2 Å². The van der Waals surface area contributed by atoms with Gasteiger partial charge in [-0.3, -0.25) is 4.79 Å². The molecule has 2 aromatic carbocycles. The number of para-hydroxylation sites is 2. The van der Waals surface area contributed by atoms with Gasteiger partial charge in [-0.2, -0.15) is 0 Å². The number of benzene rings is 2. The summed E-state index contributed by atoms with van der Waals surface area (Å²) >= 11 is 0. The molecular weight excluding hydrogens is 342 g/mol. The van der Waals surface area contributed by atoms with Crippen LogP contribution in [0.15, 0.2) is 70.4 Å². The number of hydrogen-bond donors (Lipinski definition) is 1. The van der Waals surface area contributed by atoms with E-state index in [2.05, 4.69) is 10.2 Å². The first-order chi connectivity index (χ1) is 13.0. The summed E-state index contributed by atoms with van der Waals surface area (Å²) in [5.41, 5.74) is 2.56. The molecule has 3 rings (SSSR count). The largest absolute Gasteiger partial charge is 0.496 e. The summed E-state index contributed by atoms with van der Waals surface area (Å²) in [7, 11) is 1.49. The van der Waals surface area contributed by atoms with Gasteiger partial charge in [0.05, 0.1) is 18.2 Å². The molecule has 0 unspecified atom stereocenters. The molecule has 27 heavy (non-hydrogen) atoms. The molecule has 3 aromatic rings. The molecule has 1 heterocycles. The first-order valence-electron chi connectivity index (χ1n) is 8.55. The molecule has 0 bridgehead atoms. The molecule has 138 valence electrons. The number of amides is 1. The van der Waals surface area contributed by atoms with Gasteiger partial charge in [0.15, 0.2) is 5.69 Å². The second-order valence-electron chi connectivity index (χ2n) is 6.29. The van der Waals surface area contributed by atoms with Crippen molar-refractivity contribution < 1.29 is 14.6 Å². The fourth-order valence-electron chi connectivity index (χ4n) is 2.80. The van der Waals surface area contributed by atoms with Crippen molar-refractivity contribution in [2.75, 3.05) is 7.11 Å². The van der Waals surface area contributed by atoms with Crippen molar-refractivity contribution in [3.8, 4) is 11.6 Å². The number of ether oxygens (including phenoxy) is 1. The zero-order valence-electron chi connectivity index (χ0n) is 15.5. The molecule has 0 fully saturated rings. The first kappa shape index (κ1) is 18.4. The second-order valence-corrected chi connectivity index (χ2v) is 6.29. The van der Waals surface area contributed by atoms with Crippen molar-refractivity contribution in [3.63, 3.8) is 0 Å².